The number of methoxy groups -OCH3 is 1. The van der Waals surface area contributed by atoms with Crippen LogP contribution in [-0.4, -0.2) is 31.6 Å². The molecular formula is C26H23NO6S2. The van der Waals surface area contributed by atoms with Crippen molar-refractivity contribution in [3.05, 3.63) is 93.9 Å². The van der Waals surface area contributed by atoms with Crippen molar-refractivity contribution >= 4 is 39.1 Å². The lowest BCUT2D eigenvalue weighted by Crippen LogP contribution is -2.27. The molecule has 0 aliphatic carbocycles. The smallest absolute Gasteiger partial charge is 0.339 e. The number of hydrogen-bond acceptors (Lipinski definition) is 7. The zero-order valence-electron chi connectivity index (χ0n) is 19.3. The molecule has 0 N–H and O–H groups in total. The third-order valence-electron chi connectivity index (χ3n) is 5.33. The zero-order chi connectivity index (χ0) is 25.2. The number of rotatable bonds is 7. The molecule has 3 aromatic carbocycles. The number of ether oxygens (including phenoxy) is 1. The van der Waals surface area contributed by atoms with E-state index in [-0.39, 0.29) is 39.0 Å². The van der Waals surface area contributed by atoms with Crippen molar-refractivity contribution in [3.63, 3.8) is 0 Å². The summed E-state index contributed by atoms with van der Waals surface area (Å²) in [5.74, 6) is -0.201. The number of imide groups is 1. The molecule has 35 heavy (non-hydrogen) atoms. The first-order valence-corrected chi connectivity index (χ1v) is 12.9. The van der Waals surface area contributed by atoms with Gasteiger partial charge in [0.25, 0.3) is 11.1 Å². The molecule has 180 valence electrons. The van der Waals surface area contributed by atoms with Crippen molar-refractivity contribution in [3.8, 4) is 11.5 Å². The Hall–Kier alpha value is -3.56. The summed E-state index contributed by atoms with van der Waals surface area (Å²) < 4.78 is 35.9. The van der Waals surface area contributed by atoms with E-state index in [4.69, 9.17) is 8.92 Å². The number of carbonyl (C=O) groups excluding carboxylic acids is 2. The van der Waals surface area contributed by atoms with Crippen molar-refractivity contribution < 1.29 is 26.9 Å². The molecule has 0 bridgehead atoms. The second-order valence-corrected chi connectivity index (χ2v) is 10.6. The number of nitrogens with zero attached hydrogens (tertiary/aromatic N) is 1. The fourth-order valence-corrected chi connectivity index (χ4v) is 5.16. The number of hydrogen-bond donors (Lipinski definition) is 0. The second kappa shape index (κ2) is 9.97. The van der Waals surface area contributed by atoms with Crippen LogP contribution in [0, 0.1) is 13.8 Å². The molecule has 7 nitrogen and oxygen atoms in total. The molecule has 1 saturated heterocycles. The molecule has 0 atom stereocenters. The van der Waals surface area contributed by atoms with Gasteiger partial charge in [0.1, 0.15) is 4.90 Å². The van der Waals surface area contributed by atoms with Crippen LogP contribution in [0.15, 0.2) is 76.5 Å². The molecule has 1 fully saturated rings. The molecular weight excluding hydrogens is 486 g/mol. The van der Waals surface area contributed by atoms with E-state index in [1.54, 1.807) is 30.3 Å². The molecule has 1 aliphatic rings. The molecule has 0 saturated carbocycles. The monoisotopic (exact) mass is 509 g/mol. The van der Waals surface area contributed by atoms with E-state index in [2.05, 4.69) is 0 Å². The summed E-state index contributed by atoms with van der Waals surface area (Å²) in [6, 6.07) is 18.5. The maximum absolute atomic E-state index is 12.9. The van der Waals surface area contributed by atoms with Gasteiger partial charge in [0, 0.05) is 0 Å². The number of aryl methyl sites for hydroxylation is 2. The van der Waals surface area contributed by atoms with Crippen molar-refractivity contribution in [1.82, 2.24) is 4.90 Å². The van der Waals surface area contributed by atoms with E-state index in [9.17, 15) is 18.0 Å². The average Bonchev–Trinajstić information content (AvgIpc) is 3.08. The molecule has 9 heteroatoms. The highest BCUT2D eigenvalue weighted by atomic mass is 32.2. The van der Waals surface area contributed by atoms with Crippen LogP contribution >= 0.6 is 11.8 Å². The number of carbonyl (C=O) groups is 2. The fraction of sp³-hybridized carbons (Fsp3) is 0.154. The van der Waals surface area contributed by atoms with Gasteiger partial charge in [0.15, 0.2) is 11.5 Å². The lowest BCUT2D eigenvalue weighted by molar-refractivity contribution is -0.123. The Morgan fingerprint density at radius 2 is 1.51 bits per heavy atom. The summed E-state index contributed by atoms with van der Waals surface area (Å²) in [6.45, 7) is 4.01. The fourth-order valence-electron chi connectivity index (χ4n) is 3.38. The molecule has 2 amide bonds. The normalized spacial score (nSPS) is 15.1. The lowest BCUT2D eigenvalue weighted by Gasteiger charge is -2.13. The van der Waals surface area contributed by atoms with Gasteiger partial charge < -0.3 is 8.92 Å². The third-order valence-corrected chi connectivity index (χ3v) is 7.49. The van der Waals surface area contributed by atoms with Crippen molar-refractivity contribution in [2.45, 2.75) is 25.3 Å². The van der Waals surface area contributed by atoms with Crippen LogP contribution in [-0.2, 0) is 21.5 Å². The Bertz CT molecular complexity index is 1410. The number of amides is 2. The van der Waals surface area contributed by atoms with Crippen LogP contribution in [0.5, 0.6) is 11.5 Å². The van der Waals surface area contributed by atoms with Gasteiger partial charge in [-0.3, -0.25) is 14.5 Å². The molecule has 1 aliphatic heterocycles. The summed E-state index contributed by atoms with van der Waals surface area (Å²) in [4.78, 5) is 26.8. The number of benzene rings is 3. The minimum Gasteiger partial charge on any atom is -0.493 e. The van der Waals surface area contributed by atoms with Gasteiger partial charge in [-0.15, -0.1) is 0 Å². The molecule has 0 radical (unpaired) electrons. The van der Waals surface area contributed by atoms with E-state index >= 15 is 0 Å². The molecule has 3 aromatic rings. The van der Waals surface area contributed by atoms with Crippen LogP contribution in [0.25, 0.3) is 6.08 Å². The number of thioether (sulfide) groups is 1. The first-order chi connectivity index (χ1) is 16.7. The summed E-state index contributed by atoms with van der Waals surface area (Å²) in [6.07, 6.45) is 1.57. The Morgan fingerprint density at radius 1 is 0.886 bits per heavy atom. The van der Waals surface area contributed by atoms with Crippen LogP contribution in [0.2, 0.25) is 0 Å². The highest BCUT2D eigenvalue weighted by Gasteiger charge is 2.35. The summed E-state index contributed by atoms with van der Waals surface area (Å²) in [7, 11) is -2.67. The van der Waals surface area contributed by atoms with Gasteiger partial charge in [-0.25, -0.2) is 0 Å². The van der Waals surface area contributed by atoms with E-state index in [0.717, 1.165) is 28.5 Å². The predicted octanol–water partition coefficient (Wildman–Crippen LogP) is 5.32. The molecule has 4 rings (SSSR count). The van der Waals surface area contributed by atoms with Crippen molar-refractivity contribution in [1.29, 1.82) is 0 Å². The first-order valence-electron chi connectivity index (χ1n) is 10.7. The zero-order valence-corrected chi connectivity index (χ0v) is 21.0. The van der Waals surface area contributed by atoms with Crippen LogP contribution in [0.1, 0.15) is 22.3 Å². The highest BCUT2D eigenvalue weighted by molar-refractivity contribution is 8.18. The maximum Gasteiger partial charge on any atom is 0.339 e. The van der Waals surface area contributed by atoms with Crippen LogP contribution < -0.4 is 8.92 Å². The minimum absolute atomic E-state index is 0.0118. The quantitative estimate of drug-likeness (QED) is 0.315. The molecule has 0 unspecified atom stereocenters. The molecule has 1 heterocycles. The van der Waals surface area contributed by atoms with E-state index in [1.165, 1.54) is 30.2 Å². The SMILES string of the molecule is COc1cc(/C=C2\SC(=O)N(Cc3ccc(C)cc3)C2=O)ccc1OS(=O)(=O)c1ccc(C)cc1. The topological polar surface area (TPSA) is 90.0 Å². The highest BCUT2D eigenvalue weighted by Crippen LogP contribution is 2.36. The first kappa shape index (κ1) is 24.6. The minimum atomic E-state index is -4.06. The van der Waals surface area contributed by atoms with E-state index in [0.29, 0.717) is 5.56 Å². The lowest BCUT2D eigenvalue weighted by atomic mass is 10.1. The Morgan fingerprint density at radius 3 is 2.14 bits per heavy atom. The summed E-state index contributed by atoms with van der Waals surface area (Å²) >= 11 is 0.856. The van der Waals surface area contributed by atoms with Gasteiger partial charge in [0.05, 0.1) is 18.6 Å². The third kappa shape index (κ3) is 5.58. The van der Waals surface area contributed by atoms with Crippen molar-refractivity contribution in [2.24, 2.45) is 0 Å². The van der Waals surface area contributed by atoms with Crippen LogP contribution in [0.3, 0.4) is 0 Å². The molecule has 0 aromatic heterocycles. The van der Waals surface area contributed by atoms with Crippen molar-refractivity contribution in [2.75, 3.05) is 7.11 Å². The second-order valence-electron chi connectivity index (χ2n) is 8.01. The predicted molar refractivity (Wildman–Crippen MR) is 135 cm³/mol. The maximum atomic E-state index is 12.9. The van der Waals surface area contributed by atoms with E-state index in [1.807, 2.05) is 38.1 Å². The average molecular weight is 510 g/mol. The van der Waals surface area contributed by atoms with Gasteiger partial charge >= 0.3 is 10.1 Å². The molecule has 0 spiro atoms. The summed E-state index contributed by atoms with van der Waals surface area (Å²) in [5.41, 5.74) is 3.44. The van der Waals surface area contributed by atoms with Gasteiger partial charge in [-0.1, -0.05) is 53.6 Å². The van der Waals surface area contributed by atoms with Gasteiger partial charge in [-0.2, -0.15) is 8.42 Å². The van der Waals surface area contributed by atoms with Gasteiger partial charge in [0.2, 0.25) is 0 Å². The standard InChI is InChI=1S/C26H23NO6S2/c1-17-4-8-19(9-5-17)16-27-25(28)24(34-26(27)29)15-20-10-13-22(23(14-20)32-3)33-35(30,31)21-11-6-18(2)7-12-21/h4-15H,16H2,1-3H3/b24-15-. The van der Waals surface area contributed by atoms with Gasteiger partial charge in [-0.05, 0) is 67.1 Å². The summed E-state index contributed by atoms with van der Waals surface area (Å²) in [5, 5.41) is -0.349. The van der Waals surface area contributed by atoms with E-state index < -0.39 is 10.1 Å². The largest absolute Gasteiger partial charge is 0.493 e. The Kier molecular flexibility index (Phi) is 7.00. The Labute approximate surface area is 208 Å². The Balaban J connectivity index is 1.54. The van der Waals surface area contributed by atoms with Crippen LogP contribution in [0.4, 0.5) is 4.79 Å².